The van der Waals surface area contributed by atoms with Crippen molar-refractivity contribution < 1.29 is 0 Å². The van der Waals surface area contributed by atoms with Crippen LogP contribution in [-0.4, -0.2) is 30.1 Å². The second kappa shape index (κ2) is 4.74. The summed E-state index contributed by atoms with van der Waals surface area (Å²) in [7, 11) is 0. The topological polar surface area (TPSA) is 15.3 Å². The van der Waals surface area contributed by atoms with Crippen molar-refractivity contribution in [3.8, 4) is 0 Å². The summed E-state index contributed by atoms with van der Waals surface area (Å²) < 4.78 is 0. The monoisotopic (exact) mass is 282 g/mol. The van der Waals surface area contributed by atoms with Gasteiger partial charge >= 0.3 is 0 Å². The summed E-state index contributed by atoms with van der Waals surface area (Å²) in [5.41, 5.74) is 3.01. The van der Waals surface area contributed by atoms with Crippen molar-refractivity contribution in [3.05, 3.63) is 29.8 Å². The van der Waals surface area contributed by atoms with Gasteiger partial charge in [0.15, 0.2) is 0 Å². The summed E-state index contributed by atoms with van der Waals surface area (Å²) in [4.78, 5) is 2.84. The van der Waals surface area contributed by atoms with Gasteiger partial charge in [0.1, 0.15) is 0 Å². The summed E-state index contributed by atoms with van der Waals surface area (Å²) in [5, 5.41) is 3.89. The van der Waals surface area contributed by atoms with Gasteiger partial charge in [-0.05, 0) is 49.3 Å². The molecular formula is C19H26N2. The standard InChI is InChI=1S/C19H26N2/c1-2-6-14-12-21-10-9-16-15-7-3-4-8-17(15)20-19(16)18(21)11-13(14)5-1/h3-4,7-8,13-14,16,18-20H,1-2,5-6,9-12H2. The van der Waals surface area contributed by atoms with Crippen LogP contribution < -0.4 is 5.32 Å². The fraction of sp³-hybridized carbons (Fsp3) is 0.684. The highest BCUT2D eigenvalue weighted by Gasteiger charge is 2.47. The number of nitrogens with one attached hydrogen (secondary N) is 1. The second-order valence-electron chi connectivity index (χ2n) is 7.76. The molecule has 0 spiro atoms. The van der Waals surface area contributed by atoms with E-state index in [1.54, 1.807) is 5.56 Å². The molecule has 112 valence electrons. The van der Waals surface area contributed by atoms with Crippen LogP contribution in [0.2, 0.25) is 0 Å². The van der Waals surface area contributed by atoms with Gasteiger partial charge in [-0.2, -0.15) is 0 Å². The zero-order valence-electron chi connectivity index (χ0n) is 12.8. The molecule has 0 bridgehead atoms. The van der Waals surface area contributed by atoms with E-state index in [1.807, 2.05) is 0 Å². The molecule has 2 heteroatoms. The van der Waals surface area contributed by atoms with E-state index in [0.717, 1.165) is 23.8 Å². The molecule has 1 N–H and O–H groups in total. The summed E-state index contributed by atoms with van der Waals surface area (Å²) in [6.07, 6.45) is 8.76. The van der Waals surface area contributed by atoms with Crippen molar-refractivity contribution in [2.75, 3.05) is 18.4 Å². The van der Waals surface area contributed by atoms with Gasteiger partial charge < -0.3 is 5.32 Å². The maximum Gasteiger partial charge on any atom is 0.0486 e. The van der Waals surface area contributed by atoms with Gasteiger partial charge in [-0.15, -0.1) is 0 Å². The van der Waals surface area contributed by atoms with Crippen molar-refractivity contribution in [3.63, 3.8) is 0 Å². The molecular weight excluding hydrogens is 256 g/mol. The zero-order chi connectivity index (χ0) is 13.8. The maximum atomic E-state index is 3.89. The van der Waals surface area contributed by atoms with E-state index in [2.05, 4.69) is 34.5 Å². The number of benzene rings is 1. The Labute approximate surface area is 127 Å². The molecule has 4 aliphatic rings. The van der Waals surface area contributed by atoms with Crippen LogP contribution in [0.3, 0.4) is 0 Å². The van der Waals surface area contributed by atoms with Crippen molar-refractivity contribution >= 4 is 5.69 Å². The molecule has 3 fully saturated rings. The summed E-state index contributed by atoms with van der Waals surface area (Å²) in [6.45, 7) is 2.71. The molecule has 3 heterocycles. The first-order valence-electron chi connectivity index (χ1n) is 8.99. The Morgan fingerprint density at radius 2 is 1.86 bits per heavy atom. The Hall–Kier alpha value is -1.02. The normalized spacial score (nSPS) is 41.4. The lowest BCUT2D eigenvalue weighted by molar-refractivity contribution is 0.00757. The Balaban J connectivity index is 1.43. The minimum absolute atomic E-state index is 0.680. The minimum Gasteiger partial charge on any atom is -0.380 e. The first kappa shape index (κ1) is 12.5. The van der Waals surface area contributed by atoms with Crippen LogP contribution >= 0.6 is 0 Å². The SMILES string of the molecule is c1ccc2c(c1)NC1C2CCN2CC3CCCCC3CC12. The predicted octanol–water partition coefficient (Wildman–Crippen LogP) is 3.85. The molecule has 21 heavy (non-hydrogen) atoms. The Morgan fingerprint density at radius 3 is 2.81 bits per heavy atom. The Bertz CT molecular complexity index is 540. The molecule has 5 unspecified atom stereocenters. The van der Waals surface area contributed by atoms with Crippen LogP contribution in [-0.2, 0) is 0 Å². The van der Waals surface area contributed by atoms with E-state index in [1.165, 1.54) is 57.3 Å². The molecule has 5 atom stereocenters. The van der Waals surface area contributed by atoms with Gasteiger partial charge in [0, 0.05) is 30.2 Å². The third kappa shape index (κ3) is 1.88. The number of fused-ring (bicyclic) bond motifs is 6. The van der Waals surface area contributed by atoms with Gasteiger partial charge in [0.2, 0.25) is 0 Å². The third-order valence-electron chi connectivity index (χ3n) is 6.81. The van der Waals surface area contributed by atoms with Crippen molar-refractivity contribution in [2.45, 2.75) is 56.5 Å². The molecule has 0 aromatic heterocycles. The second-order valence-corrected chi connectivity index (χ2v) is 7.76. The molecule has 1 aliphatic carbocycles. The largest absolute Gasteiger partial charge is 0.380 e. The van der Waals surface area contributed by atoms with Crippen LogP contribution in [0.5, 0.6) is 0 Å². The molecule has 0 amide bonds. The number of para-hydroxylation sites is 1. The van der Waals surface area contributed by atoms with Crippen molar-refractivity contribution in [2.24, 2.45) is 11.8 Å². The van der Waals surface area contributed by atoms with Crippen LogP contribution in [0.1, 0.15) is 50.0 Å². The van der Waals surface area contributed by atoms with Gasteiger partial charge in [-0.1, -0.05) is 37.5 Å². The van der Waals surface area contributed by atoms with E-state index < -0.39 is 0 Å². The molecule has 0 radical (unpaired) electrons. The molecule has 1 aromatic rings. The summed E-state index contributed by atoms with van der Waals surface area (Å²) in [6, 6.07) is 10.5. The Morgan fingerprint density at radius 1 is 1.00 bits per heavy atom. The molecule has 3 aliphatic heterocycles. The lowest BCUT2D eigenvalue weighted by atomic mass is 9.69. The number of rotatable bonds is 0. The quantitative estimate of drug-likeness (QED) is 0.777. The van der Waals surface area contributed by atoms with E-state index in [0.29, 0.717) is 6.04 Å². The summed E-state index contributed by atoms with van der Waals surface area (Å²) >= 11 is 0. The van der Waals surface area contributed by atoms with Gasteiger partial charge in [-0.25, -0.2) is 0 Å². The van der Waals surface area contributed by atoms with Gasteiger partial charge in [-0.3, -0.25) is 4.90 Å². The lowest BCUT2D eigenvalue weighted by Crippen LogP contribution is -2.58. The number of anilines is 1. The molecule has 1 saturated carbocycles. The van der Waals surface area contributed by atoms with E-state index in [9.17, 15) is 0 Å². The van der Waals surface area contributed by atoms with E-state index >= 15 is 0 Å². The molecule has 1 aromatic carbocycles. The predicted molar refractivity (Wildman–Crippen MR) is 86.6 cm³/mol. The first-order valence-corrected chi connectivity index (χ1v) is 8.99. The smallest absolute Gasteiger partial charge is 0.0486 e. The molecule has 5 rings (SSSR count). The molecule has 2 saturated heterocycles. The number of nitrogens with zero attached hydrogens (tertiary/aromatic N) is 1. The highest BCUT2D eigenvalue weighted by Crippen LogP contribution is 2.48. The summed E-state index contributed by atoms with van der Waals surface area (Å²) in [5.74, 6) is 2.79. The van der Waals surface area contributed by atoms with E-state index in [4.69, 9.17) is 0 Å². The fourth-order valence-electron chi connectivity index (χ4n) is 5.79. The van der Waals surface area contributed by atoms with Crippen molar-refractivity contribution in [1.82, 2.24) is 4.90 Å². The fourth-order valence-corrected chi connectivity index (χ4v) is 5.79. The lowest BCUT2D eigenvalue weighted by Gasteiger charge is -2.52. The highest BCUT2D eigenvalue weighted by atomic mass is 15.2. The van der Waals surface area contributed by atoms with Gasteiger partial charge in [0.05, 0.1) is 0 Å². The number of hydrogen-bond donors (Lipinski definition) is 1. The Kier molecular flexibility index (Phi) is 2.83. The van der Waals surface area contributed by atoms with Crippen molar-refractivity contribution in [1.29, 1.82) is 0 Å². The first-order chi connectivity index (χ1) is 10.4. The maximum absolute atomic E-state index is 3.89. The average molecular weight is 282 g/mol. The van der Waals surface area contributed by atoms with Gasteiger partial charge in [0.25, 0.3) is 0 Å². The molecule has 2 nitrogen and oxygen atoms in total. The number of hydrogen-bond acceptors (Lipinski definition) is 2. The third-order valence-corrected chi connectivity index (χ3v) is 6.81. The zero-order valence-corrected chi connectivity index (χ0v) is 12.8. The minimum atomic E-state index is 0.680. The van der Waals surface area contributed by atoms with E-state index in [-0.39, 0.29) is 0 Å². The van der Waals surface area contributed by atoms with Crippen LogP contribution in [0.25, 0.3) is 0 Å². The highest BCUT2D eigenvalue weighted by molar-refractivity contribution is 5.60. The van der Waals surface area contributed by atoms with Crippen LogP contribution in [0.15, 0.2) is 24.3 Å². The van der Waals surface area contributed by atoms with Crippen LogP contribution in [0.4, 0.5) is 5.69 Å². The average Bonchev–Trinajstić information content (AvgIpc) is 2.92. The van der Waals surface area contributed by atoms with Crippen LogP contribution in [0, 0.1) is 11.8 Å². The number of piperidine rings is 2.